The molecule has 1 saturated heterocycles. The van der Waals surface area contributed by atoms with Gasteiger partial charge in [0, 0.05) is 21.9 Å². The van der Waals surface area contributed by atoms with Gasteiger partial charge < -0.3 is 29.7 Å². The van der Waals surface area contributed by atoms with Crippen LogP contribution in [-0.2, 0) is 28.7 Å². The molecule has 19 heteroatoms. The highest BCUT2D eigenvalue weighted by atomic mass is 35.6. The summed E-state index contributed by atoms with van der Waals surface area (Å²) in [7, 11) is 0.573. The molecule has 2 heterocycles. The van der Waals surface area contributed by atoms with Crippen molar-refractivity contribution in [2.24, 2.45) is 5.41 Å². The number of alkyl halides is 4. The Morgan fingerprint density at radius 2 is 1.34 bits per heavy atom. The van der Waals surface area contributed by atoms with Crippen LogP contribution in [0, 0.1) is 5.41 Å². The summed E-state index contributed by atoms with van der Waals surface area (Å²) >= 11 is 20.4. The fraction of sp³-hybridized carbons (Fsp3) is 0.531. The maximum Gasteiger partial charge on any atom is 0.697 e. The summed E-state index contributed by atoms with van der Waals surface area (Å²) in [5, 5.41) is 25.9. The number of carbonyl (C=O) groups is 1. The van der Waals surface area contributed by atoms with Gasteiger partial charge in [-0.1, -0.05) is 192 Å². The number of aromatic nitrogens is 2. The monoisotopic (exact) mass is 1060 g/mol. The predicted octanol–water partition coefficient (Wildman–Crippen LogP) is 12.4. The summed E-state index contributed by atoms with van der Waals surface area (Å²) in [4.78, 5) is 30.4. The van der Waals surface area contributed by atoms with Crippen LogP contribution in [0.15, 0.2) is 95.9 Å². The number of aliphatic hydroxyl groups excluding tert-OH is 1. The molecule has 0 aliphatic carbocycles. The lowest BCUT2D eigenvalue weighted by Gasteiger charge is -2.37. The van der Waals surface area contributed by atoms with Crippen molar-refractivity contribution >= 4 is 77.4 Å². The summed E-state index contributed by atoms with van der Waals surface area (Å²) in [6.45, 7) is 11.1. The molecule has 3 aromatic carbocycles. The van der Waals surface area contributed by atoms with E-state index in [1.54, 1.807) is 20.3 Å². The van der Waals surface area contributed by atoms with Crippen LogP contribution < -0.4 is 20.5 Å². The molecule has 1 aromatic heterocycles. The van der Waals surface area contributed by atoms with Crippen LogP contribution in [0.4, 0.5) is 5.82 Å². The molecule has 5 rings (SSSR count). The number of halogens is 4. The molecule has 376 valence electrons. The van der Waals surface area contributed by atoms with E-state index in [0.29, 0.717) is 23.7 Å². The number of anilines is 1. The first-order valence-corrected chi connectivity index (χ1v) is 26.2. The molecular formula is C49H67Cl4N3O10PS+. The fourth-order valence-corrected chi connectivity index (χ4v) is 8.70. The summed E-state index contributed by atoms with van der Waals surface area (Å²) < 4.78 is 39.2. The number of methoxy groups -OCH3 is 2. The summed E-state index contributed by atoms with van der Waals surface area (Å²) in [6, 6.07) is 26.5. The van der Waals surface area contributed by atoms with Crippen molar-refractivity contribution in [3.05, 3.63) is 118 Å². The topological polar surface area (TPSA) is 168 Å². The van der Waals surface area contributed by atoms with Crippen LogP contribution in [0.2, 0.25) is 0 Å². The zero-order valence-electron chi connectivity index (χ0n) is 40.1. The molecule has 0 spiro atoms. The average Bonchev–Trinajstić information content (AvgIpc) is 3.54. The van der Waals surface area contributed by atoms with Crippen molar-refractivity contribution in [1.82, 2.24) is 9.55 Å². The smallest absolute Gasteiger partial charge is 0.497 e. The van der Waals surface area contributed by atoms with E-state index < -0.39 is 58.8 Å². The van der Waals surface area contributed by atoms with E-state index in [-0.39, 0.29) is 17.5 Å². The van der Waals surface area contributed by atoms with Gasteiger partial charge in [0.05, 0.1) is 14.2 Å². The highest BCUT2D eigenvalue weighted by Crippen LogP contribution is 2.42. The molecule has 2 unspecified atom stereocenters. The third-order valence-electron chi connectivity index (χ3n) is 11.4. The SMILES string of the molecule is CCC(C)(C)C(=O)SCCO[P+](=O)OC[C@H]1O[C@@H](n2ccc(NC(c3ccccc3)(c3ccc(OC)cc3)c3ccc(OC)cc3)nc2=O)[C@@](C)(O)C1O.CCCCCCCCC.ClC(Cl)(Cl)Cl. The third kappa shape index (κ3) is 18.0. The van der Waals surface area contributed by atoms with Crippen LogP contribution >= 0.6 is 66.4 Å². The number of carbonyl (C=O) groups excluding carboxylic acids is 1. The molecule has 0 bridgehead atoms. The molecule has 0 saturated carbocycles. The summed E-state index contributed by atoms with van der Waals surface area (Å²) in [5.41, 5.74) is -1.74. The fourth-order valence-electron chi connectivity index (χ4n) is 7.11. The van der Waals surface area contributed by atoms with Crippen molar-refractivity contribution < 1.29 is 42.8 Å². The van der Waals surface area contributed by atoms with Gasteiger partial charge in [-0.15, -0.1) is 9.05 Å². The van der Waals surface area contributed by atoms with E-state index in [4.69, 9.17) is 69.7 Å². The highest BCUT2D eigenvalue weighted by molar-refractivity contribution is 8.13. The Hall–Kier alpha value is -2.98. The Bertz CT molecular complexity index is 2120. The number of hydrogen-bond acceptors (Lipinski definition) is 13. The number of unbranched alkanes of at least 4 members (excludes halogenated alkanes) is 6. The maximum absolute atomic E-state index is 13.7. The quantitative estimate of drug-likeness (QED) is 0.0278. The molecule has 1 aliphatic rings. The number of rotatable bonds is 23. The Labute approximate surface area is 426 Å². The first-order valence-electron chi connectivity index (χ1n) is 22.6. The minimum absolute atomic E-state index is 0.00373. The first-order chi connectivity index (χ1) is 32.2. The van der Waals surface area contributed by atoms with Crippen molar-refractivity contribution in [1.29, 1.82) is 0 Å². The second kappa shape index (κ2) is 28.8. The average molecular weight is 1060 g/mol. The molecule has 68 heavy (non-hydrogen) atoms. The van der Waals surface area contributed by atoms with Gasteiger partial charge in [-0.05, 0) is 60.4 Å². The number of aliphatic hydroxyl groups is 2. The normalized spacial score (nSPS) is 18.4. The number of nitrogens with one attached hydrogen (secondary N) is 1. The summed E-state index contributed by atoms with van der Waals surface area (Å²) in [5.74, 6) is 1.85. The zero-order valence-corrected chi connectivity index (χ0v) is 44.8. The Morgan fingerprint density at radius 3 is 1.81 bits per heavy atom. The van der Waals surface area contributed by atoms with E-state index >= 15 is 0 Å². The van der Waals surface area contributed by atoms with Gasteiger partial charge in [0.1, 0.15) is 53.9 Å². The van der Waals surface area contributed by atoms with Crippen molar-refractivity contribution in [3.8, 4) is 11.5 Å². The van der Waals surface area contributed by atoms with Crippen LogP contribution in [0.5, 0.6) is 11.5 Å². The number of benzene rings is 3. The largest absolute Gasteiger partial charge is 0.697 e. The Morgan fingerprint density at radius 1 is 0.838 bits per heavy atom. The molecule has 5 atom stereocenters. The van der Waals surface area contributed by atoms with Crippen molar-refractivity contribution in [3.63, 3.8) is 0 Å². The second-order valence-corrected chi connectivity index (χ2v) is 22.3. The minimum atomic E-state index is -2.62. The molecule has 13 nitrogen and oxygen atoms in total. The van der Waals surface area contributed by atoms with Gasteiger partial charge in [0.25, 0.3) is 3.25 Å². The summed E-state index contributed by atoms with van der Waals surface area (Å²) in [6.07, 6.45) is 8.05. The minimum Gasteiger partial charge on any atom is -0.497 e. The molecule has 0 amide bonds. The van der Waals surface area contributed by atoms with E-state index in [1.807, 2.05) is 99.6 Å². The third-order valence-corrected chi connectivity index (χ3v) is 13.3. The molecule has 1 fully saturated rings. The van der Waals surface area contributed by atoms with Crippen LogP contribution in [0.25, 0.3) is 0 Å². The van der Waals surface area contributed by atoms with E-state index in [0.717, 1.165) is 33.0 Å². The highest BCUT2D eigenvalue weighted by Gasteiger charge is 2.54. The van der Waals surface area contributed by atoms with E-state index in [2.05, 4.69) is 24.1 Å². The lowest BCUT2D eigenvalue weighted by molar-refractivity contribution is -0.118. The number of nitrogens with zero attached hydrogens (tertiary/aromatic N) is 2. The van der Waals surface area contributed by atoms with Gasteiger partial charge >= 0.3 is 13.9 Å². The van der Waals surface area contributed by atoms with E-state index in [1.165, 1.54) is 58.1 Å². The Kier molecular flexibility index (Phi) is 25.1. The molecule has 4 aromatic rings. The maximum atomic E-state index is 13.7. The Balaban J connectivity index is 0.000000760. The van der Waals surface area contributed by atoms with Gasteiger partial charge in [-0.25, -0.2) is 4.79 Å². The van der Waals surface area contributed by atoms with Crippen molar-refractivity contribution in [2.45, 2.75) is 126 Å². The van der Waals surface area contributed by atoms with Gasteiger partial charge in [0.2, 0.25) is 0 Å². The van der Waals surface area contributed by atoms with E-state index in [9.17, 15) is 24.4 Å². The number of thioether (sulfide) groups is 1. The molecule has 1 aliphatic heterocycles. The standard InChI is InChI=1S/C39H46N3O10PS.C9H20.CCl4/c1-7-37(2,3)35(44)54-24-23-50-53(47)51-25-31-33(43)38(4,46)34(52-31)42-22-21-32(40-36(42)45)41-39(26-11-9-8-10-12-26,27-13-17-29(48-5)18-14-27)28-15-19-30(49-6)20-16-28;1-3-5-7-9-8-6-4-2;2-1(3,4)5/h8-22,31,33-34,43,46H,7,23-25H2,1-6H3;3-9H2,1-2H3;/p+1/t31-,33?,34-,38+;;/m1../s1. The molecule has 0 radical (unpaired) electrons. The first kappa shape index (κ1) is 59.3. The zero-order chi connectivity index (χ0) is 50.5. The predicted molar refractivity (Wildman–Crippen MR) is 276 cm³/mol. The second-order valence-electron chi connectivity index (χ2n) is 16.8. The van der Waals surface area contributed by atoms with Crippen molar-refractivity contribution in [2.75, 3.05) is 38.5 Å². The number of ether oxygens (including phenoxy) is 3. The van der Waals surface area contributed by atoms with Gasteiger partial charge in [-0.2, -0.15) is 4.98 Å². The molecule has 3 N–H and O–H groups in total. The van der Waals surface area contributed by atoms with Gasteiger partial charge in [0.15, 0.2) is 11.3 Å². The van der Waals surface area contributed by atoms with Crippen LogP contribution in [0.3, 0.4) is 0 Å². The van der Waals surface area contributed by atoms with Crippen LogP contribution in [-0.4, -0.2) is 79.1 Å². The number of hydrogen-bond donors (Lipinski definition) is 3. The molecular weight excluding hydrogens is 995 g/mol. The van der Waals surface area contributed by atoms with Crippen LogP contribution in [0.1, 0.15) is 116 Å². The lowest BCUT2D eigenvalue weighted by Crippen LogP contribution is -2.46. The lowest BCUT2D eigenvalue weighted by atomic mass is 9.77. The van der Waals surface area contributed by atoms with Gasteiger partial charge in [-0.3, -0.25) is 9.36 Å².